The van der Waals surface area contributed by atoms with E-state index in [9.17, 15) is 9.59 Å². The van der Waals surface area contributed by atoms with Crippen LogP contribution < -0.4 is 5.32 Å². The van der Waals surface area contributed by atoms with E-state index in [1.165, 1.54) is 0 Å². The Morgan fingerprint density at radius 2 is 1.72 bits per heavy atom. The van der Waals surface area contributed by atoms with Gasteiger partial charge in [0.2, 0.25) is 0 Å². The lowest BCUT2D eigenvalue weighted by atomic mass is 10.00. The number of amides is 1. The molecule has 0 radical (unpaired) electrons. The molecule has 1 N–H and O–H groups in total. The smallest absolute Gasteiger partial charge is 0.339 e. The molecule has 0 spiro atoms. The fourth-order valence-corrected chi connectivity index (χ4v) is 2.95. The number of nitrogens with one attached hydrogen (secondary N) is 1. The van der Waals surface area contributed by atoms with Crippen LogP contribution in [0.25, 0.3) is 0 Å². The third kappa shape index (κ3) is 4.83. The van der Waals surface area contributed by atoms with Gasteiger partial charge in [-0.15, -0.1) is 0 Å². The third-order valence-corrected chi connectivity index (χ3v) is 4.31. The van der Waals surface area contributed by atoms with E-state index in [1.54, 1.807) is 13.0 Å². The Labute approximate surface area is 153 Å². The number of benzene rings is 2. The lowest BCUT2D eigenvalue weighted by Gasteiger charge is -2.16. The van der Waals surface area contributed by atoms with Gasteiger partial charge in [0.05, 0.1) is 5.56 Å². The van der Waals surface area contributed by atoms with E-state index in [0.717, 1.165) is 22.3 Å². The van der Waals surface area contributed by atoms with Crippen molar-refractivity contribution in [3.8, 4) is 0 Å². The Balaban J connectivity index is 1.99. The molecule has 0 aliphatic carbocycles. The first-order chi connectivity index (χ1) is 11.8. The molecular weight excluding hydrogens is 338 g/mol. The Morgan fingerprint density at radius 1 is 1.12 bits per heavy atom. The summed E-state index contributed by atoms with van der Waals surface area (Å²) in [7, 11) is 0. The topological polar surface area (TPSA) is 55.4 Å². The number of halogens is 1. The van der Waals surface area contributed by atoms with Gasteiger partial charge in [-0.1, -0.05) is 47.5 Å². The number of ether oxygens (including phenoxy) is 1. The first-order valence-electron chi connectivity index (χ1n) is 8.09. The van der Waals surface area contributed by atoms with Crippen molar-refractivity contribution < 1.29 is 14.3 Å². The van der Waals surface area contributed by atoms with Crippen LogP contribution in [0, 0.1) is 20.8 Å². The summed E-state index contributed by atoms with van der Waals surface area (Å²) in [5.74, 6) is -0.855. The van der Waals surface area contributed by atoms with Gasteiger partial charge < -0.3 is 10.1 Å². The highest BCUT2D eigenvalue weighted by Gasteiger charge is 2.21. The first-order valence-corrected chi connectivity index (χ1v) is 8.47. The van der Waals surface area contributed by atoms with Crippen molar-refractivity contribution in [2.24, 2.45) is 0 Å². The zero-order valence-electron chi connectivity index (χ0n) is 14.9. The largest absolute Gasteiger partial charge is 0.449 e. The predicted octanol–water partition coefficient (Wildman–Crippen LogP) is 4.13. The molecule has 0 saturated heterocycles. The molecule has 0 fully saturated rings. The molecule has 1 unspecified atom stereocenters. The number of esters is 1. The normalized spacial score (nSPS) is 11.7. The molecule has 0 saturated carbocycles. The van der Waals surface area contributed by atoms with E-state index in [2.05, 4.69) is 5.32 Å². The maximum atomic E-state index is 12.4. The van der Waals surface area contributed by atoms with E-state index in [1.807, 2.05) is 51.1 Å². The second-order valence-electron chi connectivity index (χ2n) is 6.13. The Hall–Kier alpha value is -2.33. The highest BCUT2D eigenvalue weighted by Crippen LogP contribution is 2.18. The molecule has 5 heteroatoms. The molecule has 4 nitrogen and oxygen atoms in total. The van der Waals surface area contributed by atoms with Crippen LogP contribution in [0.3, 0.4) is 0 Å². The average molecular weight is 360 g/mol. The highest BCUT2D eigenvalue weighted by atomic mass is 35.5. The van der Waals surface area contributed by atoms with Crippen molar-refractivity contribution in [3.63, 3.8) is 0 Å². The van der Waals surface area contributed by atoms with Gasteiger partial charge in [0, 0.05) is 11.6 Å². The van der Waals surface area contributed by atoms with Crippen LogP contribution in [0.2, 0.25) is 5.02 Å². The standard InChI is InChI=1S/C20H22ClNO3/c1-12-9-13(2)18(14(3)10-12)20(24)25-15(4)19(23)22-11-16-7-5-6-8-17(16)21/h5-10,15H,11H2,1-4H3,(H,22,23). The number of hydrogen-bond donors (Lipinski definition) is 1. The number of carbonyl (C=O) groups is 2. The van der Waals surface area contributed by atoms with Gasteiger partial charge in [0.15, 0.2) is 6.10 Å². The summed E-state index contributed by atoms with van der Waals surface area (Å²) in [5.41, 5.74) is 4.08. The van der Waals surface area contributed by atoms with E-state index >= 15 is 0 Å². The van der Waals surface area contributed by atoms with Crippen LogP contribution >= 0.6 is 11.6 Å². The van der Waals surface area contributed by atoms with Crippen LogP contribution in [-0.4, -0.2) is 18.0 Å². The fraction of sp³-hybridized carbons (Fsp3) is 0.300. The van der Waals surface area contributed by atoms with Crippen molar-refractivity contribution in [2.75, 3.05) is 0 Å². The summed E-state index contributed by atoms with van der Waals surface area (Å²) in [6.07, 6.45) is -0.893. The van der Waals surface area contributed by atoms with Crippen molar-refractivity contribution in [3.05, 3.63) is 69.2 Å². The Bertz CT molecular complexity index is 778. The molecule has 0 heterocycles. The summed E-state index contributed by atoms with van der Waals surface area (Å²) in [4.78, 5) is 24.6. The average Bonchev–Trinajstić information content (AvgIpc) is 2.52. The van der Waals surface area contributed by atoms with E-state index in [0.29, 0.717) is 10.6 Å². The van der Waals surface area contributed by atoms with Crippen LogP contribution in [0.1, 0.15) is 39.5 Å². The van der Waals surface area contributed by atoms with E-state index < -0.39 is 12.1 Å². The van der Waals surface area contributed by atoms with Crippen molar-refractivity contribution in [1.29, 1.82) is 0 Å². The Morgan fingerprint density at radius 3 is 2.32 bits per heavy atom. The minimum Gasteiger partial charge on any atom is -0.449 e. The van der Waals surface area contributed by atoms with Gasteiger partial charge in [0.25, 0.3) is 5.91 Å². The molecule has 2 rings (SSSR count). The van der Waals surface area contributed by atoms with Crippen molar-refractivity contribution in [1.82, 2.24) is 5.32 Å². The Kier molecular flexibility index (Phi) is 6.21. The van der Waals surface area contributed by atoms with Gasteiger partial charge in [0.1, 0.15) is 0 Å². The van der Waals surface area contributed by atoms with Crippen LogP contribution in [0.15, 0.2) is 36.4 Å². The quantitative estimate of drug-likeness (QED) is 0.817. The van der Waals surface area contributed by atoms with Gasteiger partial charge >= 0.3 is 5.97 Å². The minimum atomic E-state index is -0.893. The van der Waals surface area contributed by atoms with Gasteiger partial charge in [-0.05, 0) is 50.5 Å². The summed E-state index contributed by atoms with van der Waals surface area (Å²) in [5, 5.41) is 3.32. The van der Waals surface area contributed by atoms with Crippen LogP contribution in [-0.2, 0) is 16.1 Å². The first kappa shape index (κ1) is 19.0. The number of hydrogen-bond acceptors (Lipinski definition) is 3. The zero-order valence-corrected chi connectivity index (χ0v) is 15.6. The van der Waals surface area contributed by atoms with Gasteiger partial charge in [-0.2, -0.15) is 0 Å². The van der Waals surface area contributed by atoms with Crippen LogP contribution in [0.5, 0.6) is 0 Å². The molecule has 0 aromatic heterocycles. The van der Waals surface area contributed by atoms with Crippen molar-refractivity contribution in [2.45, 2.75) is 40.3 Å². The number of aryl methyl sites for hydroxylation is 3. The molecule has 1 amide bonds. The lowest BCUT2D eigenvalue weighted by Crippen LogP contribution is -2.35. The summed E-state index contributed by atoms with van der Waals surface area (Å²) in [6.45, 7) is 7.53. The van der Waals surface area contributed by atoms with Gasteiger partial charge in [-0.25, -0.2) is 4.79 Å². The van der Waals surface area contributed by atoms with E-state index in [-0.39, 0.29) is 12.5 Å². The van der Waals surface area contributed by atoms with E-state index in [4.69, 9.17) is 16.3 Å². The SMILES string of the molecule is Cc1cc(C)c(C(=O)OC(C)C(=O)NCc2ccccc2Cl)c(C)c1. The molecule has 1 atom stereocenters. The zero-order chi connectivity index (χ0) is 18.6. The monoisotopic (exact) mass is 359 g/mol. The molecule has 2 aromatic rings. The minimum absolute atomic E-state index is 0.281. The second kappa shape index (κ2) is 8.17. The molecular formula is C20H22ClNO3. The summed E-state index contributed by atoms with van der Waals surface area (Å²) < 4.78 is 5.33. The summed E-state index contributed by atoms with van der Waals surface area (Å²) >= 11 is 6.06. The molecule has 132 valence electrons. The fourth-order valence-electron chi connectivity index (χ4n) is 2.74. The number of carbonyl (C=O) groups excluding carboxylic acids is 2. The molecule has 0 aliphatic heterocycles. The molecule has 2 aromatic carbocycles. The molecule has 0 aliphatic rings. The third-order valence-electron chi connectivity index (χ3n) is 3.95. The van der Waals surface area contributed by atoms with Crippen LogP contribution in [0.4, 0.5) is 0 Å². The summed E-state index contributed by atoms with van der Waals surface area (Å²) in [6, 6.07) is 11.1. The van der Waals surface area contributed by atoms with Crippen molar-refractivity contribution >= 4 is 23.5 Å². The maximum Gasteiger partial charge on any atom is 0.339 e. The number of rotatable bonds is 5. The molecule has 0 bridgehead atoms. The van der Waals surface area contributed by atoms with Gasteiger partial charge in [-0.3, -0.25) is 4.79 Å². The highest BCUT2D eigenvalue weighted by molar-refractivity contribution is 6.31. The molecule has 25 heavy (non-hydrogen) atoms. The second-order valence-corrected chi connectivity index (χ2v) is 6.54. The predicted molar refractivity (Wildman–Crippen MR) is 98.8 cm³/mol. The maximum absolute atomic E-state index is 12.4. The lowest BCUT2D eigenvalue weighted by molar-refractivity contribution is -0.129.